The van der Waals surface area contributed by atoms with Crippen LogP contribution in [-0.2, 0) is 0 Å². The molecule has 0 radical (unpaired) electrons. The van der Waals surface area contributed by atoms with Crippen LogP contribution in [0.25, 0.3) is 67.4 Å². The fourth-order valence-electron chi connectivity index (χ4n) is 7.67. The minimum absolute atomic E-state index is 0.624. The molecule has 8 aromatic carbocycles. The van der Waals surface area contributed by atoms with Crippen LogP contribution < -0.4 is 26.4 Å². The van der Waals surface area contributed by atoms with Crippen LogP contribution in [0, 0.1) is 0 Å². The minimum atomic E-state index is -0.624. The summed E-state index contributed by atoms with van der Waals surface area (Å²) in [6.07, 6.45) is 7.04. The summed E-state index contributed by atoms with van der Waals surface area (Å²) < 4.78 is 0. The Morgan fingerprint density at radius 2 is 0.588 bits per heavy atom. The average molecular weight is 669 g/mol. The Hall–Kier alpha value is -5.81. The highest BCUT2D eigenvalue weighted by Crippen LogP contribution is 2.36. The first-order valence-corrected chi connectivity index (χ1v) is 19.2. The Morgan fingerprint density at radius 3 is 1.02 bits per heavy atom. The van der Waals surface area contributed by atoms with Crippen molar-refractivity contribution in [3.8, 4) is 44.5 Å². The standard InChI is InChI=1S/C50H37P/c1-4-14-36(15-5-1)37-24-28-40(29-25-37)49-45-20-10-12-22-47(45)50(48-23-13-11-21-46(48)49)41-30-26-38(27-31-41)39-32-34-44(35-33-39)51(42-16-6-2-7-17-42)43-18-8-3-9-19-43/h1-10,12,14-35H,11,13H2. The highest BCUT2D eigenvalue weighted by atomic mass is 31.1. The van der Waals surface area contributed by atoms with Crippen LogP contribution in [0.5, 0.6) is 0 Å². The molecule has 1 aliphatic carbocycles. The molecule has 0 aromatic heterocycles. The van der Waals surface area contributed by atoms with Gasteiger partial charge in [-0.2, -0.15) is 0 Å². The first-order valence-electron chi connectivity index (χ1n) is 17.8. The molecular weight excluding hydrogens is 632 g/mol. The van der Waals surface area contributed by atoms with Crippen LogP contribution in [0.2, 0.25) is 0 Å². The van der Waals surface area contributed by atoms with Crippen LogP contribution in [0.4, 0.5) is 0 Å². The second kappa shape index (κ2) is 13.8. The summed E-state index contributed by atoms with van der Waals surface area (Å²) in [5.41, 5.74) is 10.2. The van der Waals surface area contributed by atoms with E-state index in [1.54, 1.807) is 0 Å². The molecule has 0 aliphatic heterocycles. The lowest BCUT2D eigenvalue weighted by molar-refractivity contribution is 1.12. The normalized spacial score (nSPS) is 12.3. The lowest BCUT2D eigenvalue weighted by Crippen LogP contribution is -2.31. The van der Waals surface area contributed by atoms with Crippen molar-refractivity contribution < 1.29 is 0 Å². The van der Waals surface area contributed by atoms with Gasteiger partial charge in [0.2, 0.25) is 0 Å². The highest BCUT2D eigenvalue weighted by molar-refractivity contribution is 7.79. The SMILES string of the molecule is C1=c2c(-c3ccc(-c4ccccc4)cc3)c3ccccc3c(-c3ccc(-c4ccc(P(c5ccccc5)c5ccccc5)cc4)cc3)c2=CCC1. The molecule has 242 valence electrons. The van der Waals surface area contributed by atoms with Crippen molar-refractivity contribution in [1.82, 2.24) is 0 Å². The second-order valence-corrected chi connectivity index (χ2v) is 15.4. The molecule has 1 heteroatoms. The van der Waals surface area contributed by atoms with Gasteiger partial charge in [0.15, 0.2) is 0 Å². The van der Waals surface area contributed by atoms with Crippen molar-refractivity contribution in [2.24, 2.45) is 0 Å². The van der Waals surface area contributed by atoms with Gasteiger partial charge in [0.05, 0.1) is 0 Å². The molecule has 51 heavy (non-hydrogen) atoms. The van der Waals surface area contributed by atoms with Crippen LogP contribution in [0.15, 0.2) is 188 Å². The third kappa shape index (κ3) is 6.03. The summed E-state index contributed by atoms with van der Waals surface area (Å²) in [5.74, 6) is 0. The monoisotopic (exact) mass is 668 g/mol. The molecule has 0 saturated carbocycles. The van der Waals surface area contributed by atoms with Crippen molar-refractivity contribution in [1.29, 1.82) is 0 Å². The van der Waals surface area contributed by atoms with Gasteiger partial charge in [-0.3, -0.25) is 0 Å². The smallest absolute Gasteiger partial charge is 0.00297 e. The average Bonchev–Trinajstić information content (AvgIpc) is 3.22. The lowest BCUT2D eigenvalue weighted by Gasteiger charge is -2.20. The van der Waals surface area contributed by atoms with Crippen LogP contribution in [-0.4, -0.2) is 0 Å². The van der Waals surface area contributed by atoms with E-state index < -0.39 is 7.92 Å². The summed E-state index contributed by atoms with van der Waals surface area (Å²) in [4.78, 5) is 0. The molecule has 0 amide bonds. The van der Waals surface area contributed by atoms with Gasteiger partial charge in [-0.1, -0.05) is 200 Å². The van der Waals surface area contributed by atoms with E-state index in [-0.39, 0.29) is 0 Å². The summed E-state index contributed by atoms with van der Waals surface area (Å²) in [6.45, 7) is 0. The number of fused-ring (bicyclic) bond motifs is 2. The van der Waals surface area contributed by atoms with E-state index >= 15 is 0 Å². The minimum Gasteiger partial charge on any atom is -0.0757 e. The van der Waals surface area contributed by atoms with Crippen molar-refractivity contribution in [3.05, 3.63) is 198 Å². The predicted octanol–water partition coefficient (Wildman–Crippen LogP) is 10.6. The molecule has 0 nitrogen and oxygen atoms in total. The van der Waals surface area contributed by atoms with E-state index in [4.69, 9.17) is 0 Å². The summed E-state index contributed by atoms with van der Waals surface area (Å²) in [5, 5.41) is 9.42. The molecule has 0 N–H and O–H groups in total. The highest BCUT2D eigenvalue weighted by Gasteiger charge is 2.18. The number of hydrogen-bond acceptors (Lipinski definition) is 0. The molecular formula is C50H37P. The maximum absolute atomic E-state index is 2.46. The third-order valence-corrected chi connectivity index (χ3v) is 12.5. The van der Waals surface area contributed by atoms with E-state index in [0.717, 1.165) is 12.8 Å². The first-order chi connectivity index (χ1) is 25.3. The fourth-order valence-corrected chi connectivity index (χ4v) is 9.96. The van der Waals surface area contributed by atoms with Crippen LogP contribution in [0.1, 0.15) is 12.8 Å². The second-order valence-electron chi connectivity index (χ2n) is 13.2. The molecule has 0 unspecified atom stereocenters. The molecule has 1 aliphatic rings. The van der Waals surface area contributed by atoms with Gasteiger partial charge in [-0.05, 0) is 102 Å². The van der Waals surface area contributed by atoms with Crippen molar-refractivity contribution >= 4 is 46.8 Å². The zero-order valence-electron chi connectivity index (χ0n) is 28.4. The molecule has 0 bridgehead atoms. The number of hydrogen-bond donors (Lipinski definition) is 0. The number of benzene rings is 8. The Kier molecular flexibility index (Phi) is 8.46. The topological polar surface area (TPSA) is 0 Å². The summed E-state index contributed by atoms with van der Waals surface area (Å²) in [7, 11) is -0.624. The van der Waals surface area contributed by atoms with Gasteiger partial charge in [0.1, 0.15) is 0 Å². The van der Waals surface area contributed by atoms with Gasteiger partial charge in [-0.25, -0.2) is 0 Å². The fraction of sp³-hybridized carbons (Fsp3) is 0.0400. The van der Waals surface area contributed by atoms with E-state index in [1.807, 2.05) is 0 Å². The van der Waals surface area contributed by atoms with E-state index in [9.17, 15) is 0 Å². The van der Waals surface area contributed by atoms with Crippen molar-refractivity contribution in [3.63, 3.8) is 0 Å². The van der Waals surface area contributed by atoms with E-state index in [1.165, 1.54) is 81.6 Å². The quantitative estimate of drug-likeness (QED) is 0.148. The van der Waals surface area contributed by atoms with Gasteiger partial charge >= 0.3 is 0 Å². The Balaban J connectivity index is 1.09. The Bertz CT molecular complexity index is 2530. The summed E-state index contributed by atoms with van der Waals surface area (Å²) in [6, 6.07) is 69.1. The first kappa shape index (κ1) is 31.2. The molecule has 9 rings (SSSR count). The number of rotatable bonds is 7. The molecule has 0 heterocycles. The maximum atomic E-state index is 2.46. The van der Waals surface area contributed by atoms with Crippen molar-refractivity contribution in [2.45, 2.75) is 12.8 Å². The molecule has 0 spiro atoms. The van der Waals surface area contributed by atoms with Gasteiger partial charge in [-0.15, -0.1) is 0 Å². The molecule has 0 fully saturated rings. The van der Waals surface area contributed by atoms with Crippen LogP contribution in [0.3, 0.4) is 0 Å². The Morgan fingerprint density at radius 1 is 0.275 bits per heavy atom. The van der Waals surface area contributed by atoms with Gasteiger partial charge in [0, 0.05) is 0 Å². The van der Waals surface area contributed by atoms with Gasteiger partial charge < -0.3 is 0 Å². The third-order valence-electron chi connectivity index (χ3n) is 10.1. The van der Waals surface area contributed by atoms with Crippen LogP contribution >= 0.6 is 7.92 Å². The molecule has 0 atom stereocenters. The van der Waals surface area contributed by atoms with E-state index in [2.05, 4.69) is 200 Å². The molecule has 0 saturated heterocycles. The predicted molar refractivity (Wildman–Crippen MR) is 222 cm³/mol. The zero-order chi connectivity index (χ0) is 34.0. The largest absolute Gasteiger partial charge is 0.0757 e. The lowest BCUT2D eigenvalue weighted by atomic mass is 9.85. The Labute approximate surface area is 301 Å². The summed E-state index contributed by atoms with van der Waals surface area (Å²) >= 11 is 0. The van der Waals surface area contributed by atoms with Gasteiger partial charge in [0.25, 0.3) is 0 Å². The van der Waals surface area contributed by atoms with Crippen molar-refractivity contribution in [2.75, 3.05) is 0 Å². The van der Waals surface area contributed by atoms with E-state index in [0.29, 0.717) is 0 Å². The maximum Gasteiger partial charge on any atom is -0.00297 e. The molecule has 8 aromatic rings. The zero-order valence-corrected chi connectivity index (χ0v) is 29.3.